The topological polar surface area (TPSA) is 71.0 Å². The lowest BCUT2D eigenvalue weighted by molar-refractivity contribution is -0.276. The molecule has 2 aliphatic heterocycles. The fourth-order valence-corrected chi connectivity index (χ4v) is 5.90. The smallest absolute Gasteiger partial charge is 0.272 e. The van der Waals surface area contributed by atoms with E-state index in [-0.39, 0.29) is 31.3 Å². The van der Waals surface area contributed by atoms with Crippen molar-refractivity contribution in [2.24, 2.45) is 5.92 Å². The van der Waals surface area contributed by atoms with Crippen molar-refractivity contribution >= 4 is 40.7 Å². The molecule has 42 heavy (non-hydrogen) atoms. The maximum Gasteiger partial charge on any atom is 0.272 e. The largest absolute Gasteiger partial charge is 0.392 e. The predicted octanol–water partition coefficient (Wildman–Crippen LogP) is 7.11. The van der Waals surface area contributed by atoms with E-state index in [2.05, 4.69) is 53.5 Å². The van der Waals surface area contributed by atoms with Gasteiger partial charge in [0.1, 0.15) is 0 Å². The summed E-state index contributed by atoms with van der Waals surface area (Å²) in [5.74, 6) is -0.502. The van der Waals surface area contributed by atoms with Crippen molar-refractivity contribution in [2.45, 2.75) is 61.6 Å². The van der Waals surface area contributed by atoms with Crippen molar-refractivity contribution in [2.75, 3.05) is 19.6 Å². The molecule has 0 aliphatic carbocycles. The lowest BCUT2D eigenvalue weighted by Crippen LogP contribution is -2.45. The van der Waals surface area contributed by atoms with E-state index >= 15 is 0 Å². The van der Waals surface area contributed by atoms with Crippen molar-refractivity contribution < 1.29 is 19.4 Å². The number of piperidine rings is 1. The first-order valence-electron chi connectivity index (χ1n) is 14.5. The first kappa shape index (κ1) is 31.3. The van der Waals surface area contributed by atoms with Crippen molar-refractivity contribution in [3.63, 3.8) is 0 Å². The molecule has 0 spiro atoms. The number of benzene rings is 3. The average Bonchev–Trinajstić information content (AvgIpc) is 3.01. The van der Waals surface area contributed by atoms with Crippen LogP contribution in [-0.4, -0.2) is 45.4 Å². The Morgan fingerprint density at radius 2 is 1.60 bits per heavy atom. The van der Waals surface area contributed by atoms with Crippen LogP contribution in [0.1, 0.15) is 60.8 Å². The summed E-state index contributed by atoms with van der Waals surface area (Å²) in [6.07, 6.45) is 3.14. The first-order chi connectivity index (χ1) is 20.2. The van der Waals surface area contributed by atoms with E-state index in [1.54, 1.807) is 0 Å². The van der Waals surface area contributed by atoms with E-state index in [4.69, 9.17) is 44.3 Å². The SMILES string of the molecule is C[C@@H]1[C@H](CN2CCCCC2)O[C@H](c2ccc(-c3cccc(CNC(=O)C(Cl)(Cl)Cl)c3)cc2)O[C@@H]1c1ccc(CO)cc1. The highest BCUT2D eigenvalue weighted by Crippen LogP contribution is 2.42. The molecule has 0 bridgehead atoms. The van der Waals surface area contributed by atoms with Crippen LogP contribution in [0.25, 0.3) is 11.1 Å². The summed E-state index contributed by atoms with van der Waals surface area (Å²) in [4.78, 5) is 14.5. The minimum Gasteiger partial charge on any atom is -0.392 e. The van der Waals surface area contributed by atoms with Crippen LogP contribution in [0.3, 0.4) is 0 Å². The molecule has 6 nitrogen and oxygen atoms in total. The molecule has 9 heteroatoms. The molecule has 224 valence electrons. The lowest BCUT2D eigenvalue weighted by atomic mass is 9.89. The molecular formula is C33H37Cl3N2O4. The lowest BCUT2D eigenvalue weighted by Gasteiger charge is -2.43. The van der Waals surface area contributed by atoms with E-state index in [1.807, 2.05) is 36.4 Å². The van der Waals surface area contributed by atoms with Gasteiger partial charge >= 0.3 is 0 Å². The summed E-state index contributed by atoms with van der Waals surface area (Å²) in [5, 5.41) is 12.2. The summed E-state index contributed by atoms with van der Waals surface area (Å²) in [6, 6.07) is 24.1. The summed E-state index contributed by atoms with van der Waals surface area (Å²) < 4.78 is 11.3. The van der Waals surface area contributed by atoms with Gasteiger partial charge in [0, 0.05) is 24.6 Å². The molecule has 0 saturated carbocycles. The third-order valence-corrected chi connectivity index (χ3v) is 8.68. The van der Waals surface area contributed by atoms with Gasteiger partial charge in [-0.3, -0.25) is 4.79 Å². The second kappa shape index (κ2) is 14.1. The number of halogens is 3. The highest BCUT2D eigenvalue weighted by Gasteiger charge is 2.39. The summed E-state index contributed by atoms with van der Waals surface area (Å²) in [5.41, 5.74) is 5.85. The predicted molar refractivity (Wildman–Crippen MR) is 167 cm³/mol. The Balaban J connectivity index is 1.33. The molecule has 2 heterocycles. The van der Waals surface area contributed by atoms with Crippen molar-refractivity contribution in [1.29, 1.82) is 0 Å². The summed E-state index contributed by atoms with van der Waals surface area (Å²) >= 11 is 17.0. The van der Waals surface area contributed by atoms with Crippen LogP contribution in [0, 0.1) is 5.92 Å². The number of aliphatic hydroxyl groups is 1. The molecule has 3 aromatic carbocycles. The Bertz CT molecular complexity index is 1320. The molecule has 4 atom stereocenters. The number of likely N-dealkylation sites (tertiary alicyclic amines) is 1. The number of alkyl halides is 3. The first-order valence-corrected chi connectivity index (χ1v) is 15.6. The molecule has 5 rings (SSSR count). The van der Waals surface area contributed by atoms with Gasteiger partial charge in [-0.1, -0.05) is 115 Å². The van der Waals surface area contributed by atoms with Crippen molar-refractivity contribution in [3.8, 4) is 11.1 Å². The van der Waals surface area contributed by atoms with Gasteiger partial charge in [-0.25, -0.2) is 0 Å². The average molecular weight is 632 g/mol. The van der Waals surface area contributed by atoms with Gasteiger partial charge in [0.15, 0.2) is 6.29 Å². The van der Waals surface area contributed by atoms with Crippen molar-refractivity contribution in [3.05, 3.63) is 95.1 Å². The zero-order chi connectivity index (χ0) is 29.7. The van der Waals surface area contributed by atoms with Crippen LogP contribution in [0.4, 0.5) is 0 Å². The Morgan fingerprint density at radius 1 is 0.905 bits per heavy atom. The molecule has 2 saturated heterocycles. The van der Waals surface area contributed by atoms with Gasteiger partial charge in [0.05, 0.1) is 18.8 Å². The van der Waals surface area contributed by atoms with Crippen LogP contribution in [-0.2, 0) is 27.4 Å². The van der Waals surface area contributed by atoms with Gasteiger partial charge < -0.3 is 24.8 Å². The fraction of sp³-hybridized carbons (Fsp3) is 0.424. The molecule has 1 amide bonds. The number of ether oxygens (including phenoxy) is 2. The molecule has 0 unspecified atom stereocenters. The zero-order valence-corrected chi connectivity index (χ0v) is 25.9. The van der Waals surface area contributed by atoms with Crippen LogP contribution < -0.4 is 5.32 Å². The van der Waals surface area contributed by atoms with Crippen molar-refractivity contribution in [1.82, 2.24) is 10.2 Å². The highest BCUT2D eigenvalue weighted by molar-refractivity contribution is 6.76. The monoisotopic (exact) mass is 630 g/mol. The number of hydrogen-bond acceptors (Lipinski definition) is 5. The van der Waals surface area contributed by atoms with E-state index < -0.39 is 16.0 Å². The van der Waals surface area contributed by atoms with Gasteiger partial charge in [-0.2, -0.15) is 0 Å². The van der Waals surface area contributed by atoms with Crippen LogP contribution in [0.15, 0.2) is 72.8 Å². The standard InChI is InChI=1S/C33H37Cl3N2O4/c1-22-29(20-38-16-3-2-4-17-38)41-31(42-30(22)26-10-8-23(21-39)9-11-26)27-14-12-25(13-15-27)28-7-5-6-24(18-28)19-37-32(40)33(34,35)36/h5-15,18,22,29-31,39H,2-4,16-17,19-21H2,1H3,(H,37,40)/t22-,29+,30+,31+/m1/s1. The molecular weight excluding hydrogens is 595 g/mol. The fourth-order valence-electron chi connectivity index (χ4n) is 5.70. The van der Waals surface area contributed by atoms with Crippen LogP contribution in [0.5, 0.6) is 0 Å². The number of carbonyl (C=O) groups is 1. The van der Waals surface area contributed by atoms with E-state index in [1.165, 1.54) is 19.3 Å². The van der Waals surface area contributed by atoms with Crippen LogP contribution in [0.2, 0.25) is 0 Å². The summed E-state index contributed by atoms with van der Waals surface area (Å²) in [6.45, 7) is 5.57. The summed E-state index contributed by atoms with van der Waals surface area (Å²) in [7, 11) is 0. The van der Waals surface area contributed by atoms with E-state index in [9.17, 15) is 9.90 Å². The maximum absolute atomic E-state index is 11.9. The number of amides is 1. The minimum absolute atomic E-state index is 0.0173. The van der Waals surface area contributed by atoms with Gasteiger partial charge in [-0.05, 0) is 59.8 Å². The number of nitrogens with zero attached hydrogens (tertiary/aromatic N) is 1. The van der Waals surface area contributed by atoms with Gasteiger partial charge in [0.2, 0.25) is 0 Å². The number of rotatable bonds is 8. The Labute approximate surface area is 262 Å². The molecule has 2 N–H and O–H groups in total. The van der Waals surface area contributed by atoms with Gasteiger partial charge in [-0.15, -0.1) is 0 Å². The second-order valence-corrected chi connectivity index (χ2v) is 13.5. The number of aliphatic hydroxyl groups excluding tert-OH is 1. The van der Waals surface area contributed by atoms with Crippen LogP contribution >= 0.6 is 34.8 Å². The third kappa shape index (κ3) is 7.86. The number of nitrogens with one attached hydrogen (secondary N) is 1. The second-order valence-electron chi connectivity index (χ2n) is 11.2. The molecule has 2 aliphatic rings. The normalized spacial score (nSPS) is 23.5. The maximum atomic E-state index is 11.9. The minimum atomic E-state index is -2.00. The Hall–Kier alpha value is -2.16. The quantitative estimate of drug-likeness (QED) is 0.259. The van der Waals surface area contributed by atoms with E-state index in [0.29, 0.717) is 0 Å². The zero-order valence-electron chi connectivity index (χ0n) is 23.6. The van der Waals surface area contributed by atoms with E-state index in [0.717, 1.165) is 53.0 Å². The third-order valence-electron chi connectivity index (χ3n) is 8.16. The Morgan fingerprint density at radius 3 is 2.26 bits per heavy atom. The molecule has 0 aromatic heterocycles. The number of hydrogen-bond donors (Lipinski definition) is 2. The molecule has 2 fully saturated rings. The molecule has 3 aromatic rings. The molecule has 0 radical (unpaired) electrons. The highest BCUT2D eigenvalue weighted by atomic mass is 35.6. The Kier molecular flexibility index (Phi) is 10.5. The number of carbonyl (C=O) groups excluding carboxylic acids is 1. The van der Waals surface area contributed by atoms with Gasteiger partial charge in [0.25, 0.3) is 9.70 Å².